The van der Waals surface area contributed by atoms with Gasteiger partial charge in [-0.2, -0.15) is 0 Å². The van der Waals surface area contributed by atoms with Crippen LogP contribution in [0.2, 0.25) is 0 Å². The van der Waals surface area contributed by atoms with Crippen molar-refractivity contribution < 1.29 is 28.8 Å². The second-order valence-electron chi connectivity index (χ2n) is 21.4. The minimum atomic E-state index is -0.904. The van der Waals surface area contributed by atoms with Crippen molar-refractivity contribution >= 4 is 59.0 Å². The Labute approximate surface area is 451 Å². The zero-order valence-electron chi connectivity index (χ0n) is 44.7. The number of aromatic nitrogens is 8. The quantitative estimate of drug-likeness (QED) is 0.0654. The third-order valence-electron chi connectivity index (χ3n) is 13.6. The van der Waals surface area contributed by atoms with Gasteiger partial charge in [-0.15, -0.1) is 10.2 Å². The number of hydrogen-bond acceptors (Lipinski definition) is 16. The Morgan fingerprint density at radius 2 is 0.961 bits per heavy atom. The zero-order chi connectivity index (χ0) is 54.9. The van der Waals surface area contributed by atoms with Gasteiger partial charge in [0.2, 0.25) is 33.9 Å². The highest BCUT2D eigenvalue weighted by Crippen LogP contribution is 2.32. The van der Waals surface area contributed by atoms with E-state index in [2.05, 4.69) is 63.0 Å². The van der Waals surface area contributed by atoms with E-state index in [0.717, 1.165) is 9.79 Å². The van der Waals surface area contributed by atoms with Gasteiger partial charge < -0.3 is 41.7 Å². The number of likely N-dealkylation sites (N-methyl/N-ethyl adjacent to an activating group) is 2. The molecule has 22 nitrogen and oxygen atoms in total. The normalized spacial score (nSPS) is 19.3. The van der Waals surface area contributed by atoms with Crippen molar-refractivity contribution in [2.45, 2.75) is 150 Å². The van der Waals surface area contributed by atoms with Crippen LogP contribution in [0.25, 0.3) is 0 Å². The molecule has 0 aliphatic carbocycles. The fraction of sp³-hybridized carbons (Fsp3) is 0.500. The van der Waals surface area contributed by atoms with Gasteiger partial charge in [-0.3, -0.25) is 28.8 Å². The first kappa shape index (κ1) is 57.0. The van der Waals surface area contributed by atoms with E-state index in [1.807, 2.05) is 102 Å². The number of carbonyl (C=O) groups is 6. The summed E-state index contributed by atoms with van der Waals surface area (Å²) in [5.41, 5.74) is -0.916. The van der Waals surface area contributed by atoms with Crippen molar-refractivity contribution in [2.75, 3.05) is 27.2 Å². The predicted molar refractivity (Wildman–Crippen MR) is 286 cm³/mol. The fourth-order valence-electron chi connectivity index (χ4n) is 9.05. The largest absolute Gasteiger partial charge is 0.347 e. The Bertz CT molecular complexity index is 2640. The number of nitrogens with zero attached hydrogens (tertiary/aromatic N) is 10. The molecule has 7 rings (SSSR count). The Balaban J connectivity index is 1.08. The van der Waals surface area contributed by atoms with Gasteiger partial charge in [0, 0.05) is 46.1 Å². The van der Waals surface area contributed by atoms with Crippen LogP contribution in [0.5, 0.6) is 0 Å². The molecule has 406 valence electrons. The summed E-state index contributed by atoms with van der Waals surface area (Å²) in [5.74, 6) is -2.18. The van der Waals surface area contributed by atoms with Crippen molar-refractivity contribution in [3.05, 3.63) is 96.1 Å². The molecular formula is C52H70N16O6S2. The lowest BCUT2D eigenvalue weighted by Crippen LogP contribution is -2.58. The van der Waals surface area contributed by atoms with Gasteiger partial charge in [-0.1, -0.05) is 84.0 Å². The molecule has 0 unspecified atom stereocenters. The SMILES string of the molecule is CN[C@@H](C)C(=O)N[C@H](C(=O)N1C[C@@H](NC(=O)c2cccc(C(=O)N[C@H]3C[C@@H](Cn4nnnc4Sc4ccccc4)N(C(=O)[C@@H](NC(=O)[C@H](C)NC)C(C)(C)C)C3)c2)C[C@H]1Cn1nnnc1Sc1ccccc1)C(C)(C)C. The summed E-state index contributed by atoms with van der Waals surface area (Å²) in [7, 11) is 3.35. The molecule has 24 heteroatoms. The van der Waals surface area contributed by atoms with E-state index in [1.54, 1.807) is 65.3 Å². The average molecular weight is 1080 g/mol. The number of amides is 6. The van der Waals surface area contributed by atoms with Gasteiger partial charge >= 0.3 is 0 Å². The molecule has 2 aliphatic rings. The Kier molecular flexibility index (Phi) is 18.7. The van der Waals surface area contributed by atoms with Crippen molar-refractivity contribution in [1.82, 2.24) is 82.1 Å². The maximum atomic E-state index is 14.7. The van der Waals surface area contributed by atoms with Crippen LogP contribution >= 0.6 is 23.5 Å². The van der Waals surface area contributed by atoms with Crippen LogP contribution in [-0.2, 0) is 32.3 Å². The number of rotatable bonds is 20. The average Bonchev–Trinajstić information content (AvgIpc) is 4.23. The van der Waals surface area contributed by atoms with E-state index in [9.17, 15) is 28.8 Å². The summed E-state index contributed by atoms with van der Waals surface area (Å²) in [4.78, 5) is 89.6. The molecule has 0 bridgehead atoms. The maximum Gasteiger partial charge on any atom is 0.251 e. The van der Waals surface area contributed by atoms with Crippen LogP contribution < -0.4 is 31.9 Å². The Morgan fingerprint density at radius 1 is 0.579 bits per heavy atom. The fourth-order valence-corrected chi connectivity index (χ4v) is 10.6. The lowest BCUT2D eigenvalue weighted by molar-refractivity contribution is -0.141. The summed E-state index contributed by atoms with van der Waals surface area (Å²) in [6.45, 7) is 15.4. The van der Waals surface area contributed by atoms with Gasteiger partial charge in [0.25, 0.3) is 11.8 Å². The molecule has 6 amide bonds. The number of likely N-dealkylation sites (tertiary alicyclic amines) is 2. The van der Waals surface area contributed by atoms with Crippen molar-refractivity contribution in [3.8, 4) is 0 Å². The number of nitrogens with one attached hydrogen (secondary N) is 6. The Morgan fingerprint density at radius 3 is 1.32 bits per heavy atom. The van der Waals surface area contributed by atoms with Crippen LogP contribution in [-0.4, -0.2) is 161 Å². The highest BCUT2D eigenvalue weighted by Gasteiger charge is 2.45. The van der Waals surface area contributed by atoms with Gasteiger partial charge in [-0.05, 0) is 138 Å². The molecule has 2 aliphatic heterocycles. The third-order valence-corrected chi connectivity index (χ3v) is 15.5. The molecule has 0 saturated carbocycles. The van der Waals surface area contributed by atoms with Crippen molar-refractivity contribution in [3.63, 3.8) is 0 Å². The summed E-state index contributed by atoms with van der Waals surface area (Å²) < 4.78 is 3.29. The lowest BCUT2D eigenvalue weighted by Gasteiger charge is -2.36. The molecule has 2 fully saturated rings. The molecule has 2 aromatic heterocycles. The molecule has 6 N–H and O–H groups in total. The first-order valence-corrected chi connectivity index (χ1v) is 27.0. The monoisotopic (exact) mass is 1080 g/mol. The zero-order valence-corrected chi connectivity index (χ0v) is 46.3. The smallest absolute Gasteiger partial charge is 0.251 e. The van der Waals surface area contributed by atoms with E-state index in [-0.39, 0.29) is 60.9 Å². The third kappa shape index (κ3) is 14.4. The lowest BCUT2D eigenvalue weighted by atomic mass is 9.85. The predicted octanol–water partition coefficient (Wildman–Crippen LogP) is 3.04. The second kappa shape index (κ2) is 24.9. The summed E-state index contributed by atoms with van der Waals surface area (Å²) in [5, 5.41) is 44.0. The molecule has 3 aromatic carbocycles. The van der Waals surface area contributed by atoms with Crippen LogP contribution in [0.3, 0.4) is 0 Å². The summed E-state index contributed by atoms with van der Waals surface area (Å²) in [6, 6.07) is 20.8. The van der Waals surface area contributed by atoms with Crippen LogP contribution in [0.1, 0.15) is 88.9 Å². The van der Waals surface area contributed by atoms with Crippen LogP contribution in [0.4, 0.5) is 0 Å². The number of tetrazole rings is 2. The van der Waals surface area contributed by atoms with Gasteiger partial charge in [0.05, 0.1) is 37.3 Å². The standard InChI is InChI=1S/C52H70N16O6S2/c1-31(53-9)43(69)57-41(51(3,4)5)47(73)65-27-35(25-37(65)29-67-49(59-61-63-67)75-39-20-13-11-14-21-39)55-45(71)33-18-17-19-34(24-33)46(72)56-36-26-38(30-68-50(60-62-64-68)76-40-22-15-12-16-23-40)66(28-36)48(74)42(52(6,7)8)58-44(70)32(2)54-10/h11-24,31-32,35-38,41-42,53-54H,25-30H2,1-10H3,(H,55,71)(H,56,72)(H,57,69)(H,58,70)/t31-,32-,35-,36-,37-,38-,41+,42+/m0/s1. The maximum absolute atomic E-state index is 14.7. The van der Waals surface area contributed by atoms with E-state index in [1.165, 1.54) is 29.6 Å². The Hall–Kier alpha value is -6.76. The molecule has 8 atom stereocenters. The van der Waals surface area contributed by atoms with Crippen LogP contribution in [0.15, 0.2) is 105 Å². The van der Waals surface area contributed by atoms with Gasteiger partial charge in [0.1, 0.15) is 12.1 Å². The van der Waals surface area contributed by atoms with Gasteiger partial charge in [-0.25, -0.2) is 9.36 Å². The minimum Gasteiger partial charge on any atom is -0.347 e. The molecule has 76 heavy (non-hydrogen) atoms. The minimum absolute atomic E-state index is 0.131. The summed E-state index contributed by atoms with van der Waals surface area (Å²) >= 11 is 2.77. The van der Waals surface area contributed by atoms with E-state index >= 15 is 0 Å². The molecule has 0 radical (unpaired) electrons. The second-order valence-corrected chi connectivity index (χ2v) is 23.5. The number of carbonyl (C=O) groups excluding carboxylic acids is 6. The van der Waals surface area contributed by atoms with Crippen molar-refractivity contribution in [1.29, 1.82) is 0 Å². The first-order chi connectivity index (χ1) is 36.1. The molecule has 4 heterocycles. The van der Waals surface area contributed by atoms with E-state index in [0.29, 0.717) is 23.2 Å². The highest BCUT2D eigenvalue weighted by atomic mass is 32.2. The number of hydrogen-bond donors (Lipinski definition) is 6. The number of benzene rings is 3. The highest BCUT2D eigenvalue weighted by molar-refractivity contribution is 7.99. The van der Waals surface area contributed by atoms with E-state index in [4.69, 9.17) is 0 Å². The first-order valence-electron chi connectivity index (χ1n) is 25.4. The van der Waals surface area contributed by atoms with Crippen LogP contribution in [0, 0.1) is 10.8 Å². The molecule has 2 saturated heterocycles. The van der Waals surface area contributed by atoms with E-state index < -0.39 is 71.0 Å². The molecule has 5 aromatic rings. The van der Waals surface area contributed by atoms with Gasteiger partial charge in [0.15, 0.2) is 0 Å². The molecular weight excluding hydrogens is 1010 g/mol. The molecule has 0 spiro atoms. The summed E-state index contributed by atoms with van der Waals surface area (Å²) in [6.07, 6.45) is 0.683. The van der Waals surface area contributed by atoms with Crippen molar-refractivity contribution in [2.24, 2.45) is 10.8 Å². The topological polar surface area (TPSA) is 268 Å².